The minimum absolute atomic E-state index is 0.0858. The van der Waals surface area contributed by atoms with Crippen LogP contribution in [0.15, 0.2) is 0 Å². The summed E-state index contributed by atoms with van der Waals surface area (Å²) >= 11 is 4.32. The highest BCUT2D eigenvalue weighted by atomic mass is 32.1. The molecule has 0 atom stereocenters. The molecule has 0 amide bonds. The third-order valence-corrected chi connectivity index (χ3v) is 0.935. The van der Waals surface area contributed by atoms with E-state index in [4.69, 9.17) is 5.73 Å². The summed E-state index contributed by atoms with van der Waals surface area (Å²) in [6.07, 6.45) is -4.25. The van der Waals surface area contributed by atoms with Crippen molar-refractivity contribution in [2.24, 2.45) is 0 Å². The highest BCUT2D eigenvalue weighted by Gasteiger charge is 2.26. The average Bonchev–Trinajstić information content (AvgIpc) is 1.81. The summed E-state index contributed by atoms with van der Waals surface area (Å²) in [6, 6.07) is 0. The van der Waals surface area contributed by atoms with Crippen LogP contribution in [-0.4, -0.2) is 24.3 Å². The molecule has 0 aliphatic carbocycles. The SMILES string of the molecule is [NH-]CC(=S)NCC(F)(F)F. The summed E-state index contributed by atoms with van der Waals surface area (Å²) in [4.78, 5) is -0.0858. The van der Waals surface area contributed by atoms with Gasteiger partial charge in [-0.05, 0) is 0 Å². The molecule has 0 saturated heterocycles. The molecule has 0 heterocycles. The van der Waals surface area contributed by atoms with Gasteiger partial charge >= 0.3 is 6.18 Å². The Balaban J connectivity index is 3.46. The highest BCUT2D eigenvalue weighted by molar-refractivity contribution is 7.80. The first-order valence-corrected chi connectivity index (χ1v) is 2.84. The normalized spacial score (nSPS) is 11.2. The summed E-state index contributed by atoms with van der Waals surface area (Å²) in [6.45, 7) is -1.45. The molecule has 10 heavy (non-hydrogen) atoms. The maximum absolute atomic E-state index is 11.4. The molecule has 0 spiro atoms. The van der Waals surface area contributed by atoms with E-state index in [9.17, 15) is 13.2 Å². The molecule has 0 aliphatic heterocycles. The fourth-order valence-electron chi connectivity index (χ4n) is 0.261. The van der Waals surface area contributed by atoms with Crippen molar-refractivity contribution in [2.45, 2.75) is 6.18 Å². The van der Waals surface area contributed by atoms with E-state index in [1.54, 1.807) is 0 Å². The van der Waals surface area contributed by atoms with Gasteiger partial charge in [0.05, 0.1) is 4.99 Å². The van der Waals surface area contributed by atoms with Crippen molar-refractivity contribution in [2.75, 3.05) is 13.1 Å². The Hall–Kier alpha value is -0.360. The number of hydrogen-bond donors (Lipinski definition) is 1. The van der Waals surface area contributed by atoms with Crippen LogP contribution in [0.25, 0.3) is 5.73 Å². The van der Waals surface area contributed by atoms with Gasteiger partial charge in [-0.1, -0.05) is 18.8 Å². The molecule has 2 N–H and O–H groups in total. The first kappa shape index (κ1) is 9.64. The molecule has 0 saturated carbocycles. The molecule has 0 aliphatic rings. The molecule has 60 valence electrons. The Morgan fingerprint density at radius 2 is 2.00 bits per heavy atom. The lowest BCUT2D eigenvalue weighted by Gasteiger charge is -2.10. The number of halogens is 3. The highest BCUT2D eigenvalue weighted by Crippen LogP contribution is 2.11. The van der Waals surface area contributed by atoms with E-state index >= 15 is 0 Å². The summed E-state index contributed by atoms with van der Waals surface area (Å²) < 4.78 is 34.1. The lowest BCUT2D eigenvalue weighted by Crippen LogP contribution is -2.33. The molecule has 0 rings (SSSR count). The molecule has 0 unspecified atom stereocenters. The molecule has 0 aromatic heterocycles. The Kier molecular flexibility index (Phi) is 3.59. The van der Waals surface area contributed by atoms with E-state index in [2.05, 4.69) is 12.2 Å². The number of hydrogen-bond acceptors (Lipinski definition) is 1. The van der Waals surface area contributed by atoms with Gasteiger partial charge < -0.3 is 11.1 Å². The van der Waals surface area contributed by atoms with Crippen molar-refractivity contribution >= 4 is 17.2 Å². The smallest absolute Gasteiger partial charge is 0.405 e. The molecule has 2 nitrogen and oxygen atoms in total. The van der Waals surface area contributed by atoms with Crippen LogP contribution in [-0.2, 0) is 0 Å². The van der Waals surface area contributed by atoms with Gasteiger partial charge in [-0.25, -0.2) is 0 Å². The van der Waals surface area contributed by atoms with Crippen LogP contribution in [0.3, 0.4) is 0 Å². The van der Waals surface area contributed by atoms with E-state index in [0.29, 0.717) is 0 Å². The molecule has 0 aromatic carbocycles. The first-order chi connectivity index (χ1) is 4.45. The van der Waals surface area contributed by atoms with Gasteiger partial charge in [0.25, 0.3) is 0 Å². The van der Waals surface area contributed by atoms with E-state index in [-0.39, 0.29) is 11.5 Å². The lowest BCUT2D eigenvalue weighted by molar-refractivity contribution is -0.121. The molecular formula is C4H6F3N2S-. The summed E-state index contributed by atoms with van der Waals surface area (Å²) in [5.74, 6) is 0. The topological polar surface area (TPSA) is 35.8 Å². The third kappa shape index (κ3) is 5.77. The van der Waals surface area contributed by atoms with Crippen LogP contribution in [0.2, 0.25) is 0 Å². The van der Waals surface area contributed by atoms with Gasteiger partial charge in [0.15, 0.2) is 0 Å². The van der Waals surface area contributed by atoms with Crippen molar-refractivity contribution in [1.82, 2.24) is 5.32 Å². The summed E-state index contributed by atoms with van der Waals surface area (Å²) in [5.41, 5.74) is 6.55. The summed E-state index contributed by atoms with van der Waals surface area (Å²) in [5, 5.41) is 1.89. The number of rotatable bonds is 2. The van der Waals surface area contributed by atoms with E-state index < -0.39 is 12.7 Å². The lowest BCUT2D eigenvalue weighted by atomic mass is 10.5. The molecule has 0 aromatic rings. The number of alkyl halides is 3. The Morgan fingerprint density at radius 3 is 2.30 bits per heavy atom. The van der Waals surface area contributed by atoms with Gasteiger partial charge in [-0.15, -0.1) is 0 Å². The largest absolute Gasteiger partial charge is 0.672 e. The fraction of sp³-hybridized carbons (Fsp3) is 0.750. The molecule has 0 fully saturated rings. The molecular weight excluding hydrogens is 165 g/mol. The fourth-order valence-corrected chi connectivity index (χ4v) is 0.333. The second kappa shape index (κ2) is 3.72. The third-order valence-electron chi connectivity index (χ3n) is 0.647. The van der Waals surface area contributed by atoms with Crippen LogP contribution in [0.5, 0.6) is 0 Å². The van der Waals surface area contributed by atoms with Crippen LogP contribution in [0.1, 0.15) is 0 Å². The monoisotopic (exact) mass is 171 g/mol. The van der Waals surface area contributed by atoms with Crippen molar-refractivity contribution in [3.63, 3.8) is 0 Å². The van der Waals surface area contributed by atoms with E-state index in [1.807, 2.05) is 5.32 Å². The zero-order chi connectivity index (χ0) is 8.20. The number of thiocarbonyl (C=S) groups is 1. The maximum Gasteiger partial charge on any atom is 0.405 e. The standard InChI is InChI=1S/C4H6F3N2S/c5-4(6,7)2-9-3(10)1-8/h8H,1-2H2,(H,9,10)/q-1. The molecule has 0 bridgehead atoms. The van der Waals surface area contributed by atoms with Crippen molar-refractivity contribution in [3.05, 3.63) is 5.73 Å². The Labute approximate surface area is 61.6 Å². The Bertz CT molecular complexity index is 122. The molecule has 0 radical (unpaired) electrons. The second-order valence-corrected chi connectivity index (χ2v) is 2.06. The van der Waals surface area contributed by atoms with Gasteiger partial charge in [-0.3, -0.25) is 0 Å². The van der Waals surface area contributed by atoms with Crippen LogP contribution in [0.4, 0.5) is 13.2 Å². The van der Waals surface area contributed by atoms with Crippen molar-refractivity contribution < 1.29 is 13.2 Å². The Morgan fingerprint density at radius 1 is 1.50 bits per heavy atom. The predicted molar refractivity (Wildman–Crippen MR) is 35.8 cm³/mol. The van der Waals surface area contributed by atoms with Gasteiger partial charge in [0.2, 0.25) is 0 Å². The first-order valence-electron chi connectivity index (χ1n) is 2.44. The van der Waals surface area contributed by atoms with Crippen molar-refractivity contribution in [3.8, 4) is 0 Å². The zero-order valence-corrected chi connectivity index (χ0v) is 5.77. The van der Waals surface area contributed by atoms with Crippen LogP contribution < -0.4 is 5.32 Å². The zero-order valence-electron chi connectivity index (χ0n) is 4.96. The van der Waals surface area contributed by atoms with Gasteiger partial charge in [-0.2, -0.15) is 13.2 Å². The summed E-state index contributed by atoms with van der Waals surface area (Å²) in [7, 11) is 0. The van der Waals surface area contributed by atoms with Crippen LogP contribution in [0, 0.1) is 0 Å². The maximum atomic E-state index is 11.4. The van der Waals surface area contributed by atoms with E-state index in [1.165, 1.54) is 0 Å². The molecule has 6 heteroatoms. The minimum Gasteiger partial charge on any atom is -0.672 e. The minimum atomic E-state index is -4.25. The van der Waals surface area contributed by atoms with Gasteiger partial charge in [0, 0.05) is 0 Å². The number of nitrogens with one attached hydrogen (secondary N) is 2. The van der Waals surface area contributed by atoms with Crippen molar-refractivity contribution in [1.29, 1.82) is 0 Å². The average molecular weight is 171 g/mol. The van der Waals surface area contributed by atoms with E-state index in [0.717, 1.165) is 0 Å². The predicted octanol–water partition coefficient (Wildman–Crippen LogP) is 1.52. The second-order valence-electron chi connectivity index (χ2n) is 1.57. The quantitative estimate of drug-likeness (QED) is 0.639. The van der Waals surface area contributed by atoms with Crippen LogP contribution >= 0.6 is 12.2 Å². The van der Waals surface area contributed by atoms with Gasteiger partial charge in [0.1, 0.15) is 6.54 Å².